The summed E-state index contributed by atoms with van der Waals surface area (Å²) >= 11 is 5.45. The Labute approximate surface area is 157 Å². The van der Waals surface area contributed by atoms with Crippen LogP contribution in [0.5, 0.6) is 0 Å². The zero-order valence-electron chi connectivity index (χ0n) is 12.2. The van der Waals surface area contributed by atoms with E-state index in [-0.39, 0.29) is 6.54 Å². The summed E-state index contributed by atoms with van der Waals surface area (Å²) in [6, 6.07) is 14.0. The van der Waals surface area contributed by atoms with Crippen LogP contribution in [0, 0.1) is 3.57 Å². The van der Waals surface area contributed by atoms with Gasteiger partial charge in [0, 0.05) is 13.7 Å². The molecule has 5 nitrogen and oxygen atoms in total. The fourth-order valence-electron chi connectivity index (χ4n) is 1.87. The monoisotopic (exact) mass is 508 g/mol. The molecule has 0 spiro atoms. The summed E-state index contributed by atoms with van der Waals surface area (Å²) in [5.74, 6) is -0.406. The van der Waals surface area contributed by atoms with E-state index in [0.717, 1.165) is 18.6 Å². The normalized spacial score (nSPS) is 11.1. The van der Waals surface area contributed by atoms with Crippen LogP contribution in [0.2, 0.25) is 0 Å². The van der Waals surface area contributed by atoms with Gasteiger partial charge in [0.2, 0.25) is 15.9 Å². The predicted molar refractivity (Wildman–Crippen MR) is 104 cm³/mol. The van der Waals surface area contributed by atoms with Gasteiger partial charge in [0.1, 0.15) is 6.54 Å². The number of benzene rings is 2. The van der Waals surface area contributed by atoms with Crippen molar-refractivity contribution in [3.05, 3.63) is 56.6 Å². The minimum atomic E-state index is -3.56. The van der Waals surface area contributed by atoms with Crippen LogP contribution in [0.1, 0.15) is 0 Å². The third-order valence-electron chi connectivity index (χ3n) is 2.93. The van der Waals surface area contributed by atoms with Gasteiger partial charge in [-0.3, -0.25) is 9.10 Å². The molecular weight excluding hydrogens is 495 g/mol. The second-order valence-corrected chi connectivity index (χ2v) is 8.87. The zero-order valence-corrected chi connectivity index (χ0v) is 16.7. The van der Waals surface area contributed by atoms with Crippen molar-refractivity contribution in [2.45, 2.75) is 0 Å². The predicted octanol–water partition coefficient (Wildman–Crippen LogP) is 3.46. The molecule has 0 saturated carbocycles. The number of rotatable bonds is 5. The second kappa shape index (κ2) is 7.63. The fraction of sp³-hybridized carbons (Fsp3) is 0.133. The van der Waals surface area contributed by atoms with Crippen molar-refractivity contribution in [1.82, 2.24) is 0 Å². The number of amides is 1. The van der Waals surface area contributed by atoms with Gasteiger partial charge in [-0.2, -0.15) is 0 Å². The van der Waals surface area contributed by atoms with Crippen LogP contribution in [0.15, 0.2) is 53.0 Å². The number of nitrogens with zero attached hydrogens (tertiary/aromatic N) is 1. The highest BCUT2D eigenvalue weighted by Gasteiger charge is 2.20. The average Bonchev–Trinajstić information content (AvgIpc) is 2.47. The zero-order chi connectivity index (χ0) is 17.0. The first-order valence-corrected chi connectivity index (χ1v) is 10.3. The van der Waals surface area contributed by atoms with Crippen LogP contribution in [0.3, 0.4) is 0 Å². The Morgan fingerprint density at radius 1 is 1.13 bits per heavy atom. The third kappa shape index (κ3) is 5.47. The highest BCUT2D eigenvalue weighted by atomic mass is 127. The SMILES string of the molecule is CS(=O)(=O)N(CC(=O)Nc1ccc(Br)cc1)c1ccc(I)cc1. The average molecular weight is 509 g/mol. The standard InChI is InChI=1S/C15H14BrIN2O3S/c1-23(21,22)19(14-8-4-12(17)5-9-14)10-15(20)18-13-6-2-11(16)3-7-13/h2-9H,10H2,1H3,(H,18,20). The number of nitrogens with one attached hydrogen (secondary N) is 1. The minimum absolute atomic E-state index is 0.282. The molecule has 0 fully saturated rings. The smallest absolute Gasteiger partial charge is 0.245 e. The van der Waals surface area contributed by atoms with Crippen molar-refractivity contribution in [2.24, 2.45) is 0 Å². The molecule has 8 heteroatoms. The maximum absolute atomic E-state index is 12.2. The molecule has 0 radical (unpaired) electrons. The largest absolute Gasteiger partial charge is 0.325 e. The highest BCUT2D eigenvalue weighted by molar-refractivity contribution is 14.1. The number of carbonyl (C=O) groups excluding carboxylic acids is 1. The Bertz CT molecular complexity index is 792. The minimum Gasteiger partial charge on any atom is -0.325 e. The van der Waals surface area contributed by atoms with E-state index in [1.807, 2.05) is 0 Å². The van der Waals surface area contributed by atoms with Crippen LogP contribution in [0.4, 0.5) is 11.4 Å². The summed E-state index contributed by atoms with van der Waals surface area (Å²) in [5, 5.41) is 2.69. The molecule has 23 heavy (non-hydrogen) atoms. The van der Waals surface area contributed by atoms with E-state index < -0.39 is 15.9 Å². The molecule has 0 atom stereocenters. The lowest BCUT2D eigenvalue weighted by atomic mass is 10.3. The van der Waals surface area contributed by atoms with E-state index in [4.69, 9.17) is 0 Å². The molecule has 2 aromatic rings. The van der Waals surface area contributed by atoms with Crippen molar-refractivity contribution < 1.29 is 13.2 Å². The number of anilines is 2. The summed E-state index contributed by atoms with van der Waals surface area (Å²) in [6.07, 6.45) is 1.08. The molecule has 1 N–H and O–H groups in total. The lowest BCUT2D eigenvalue weighted by Gasteiger charge is -2.22. The number of hydrogen-bond donors (Lipinski definition) is 1. The van der Waals surface area contributed by atoms with E-state index in [2.05, 4.69) is 43.8 Å². The second-order valence-electron chi connectivity index (χ2n) is 4.80. The van der Waals surface area contributed by atoms with E-state index in [9.17, 15) is 13.2 Å². The van der Waals surface area contributed by atoms with E-state index in [1.54, 1.807) is 48.5 Å². The molecule has 122 valence electrons. The maximum atomic E-state index is 12.2. The molecule has 0 unspecified atom stereocenters. The Hall–Kier alpha value is -1.13. The van der Waals surface area contributed by atoms with Gasteiger partial charge in [-0.1, -0.05) is 15.9 Å². The highest BCUT2D eigenvalue weighted by Crippen LogP contribution is 2.19. The molecule has 2 rings (SSSR count). The first-order chi connectivity index (χ1) is 10.8. The van der Waals surface area contributed by atoms with Crippen LogP contribution in [0.25, 0.3) is 0 Å². The molecule has 2 aromatic carbocycles. The Morgan fingerprint density at radius 3 is 2.22 bits per heavy atom. The summed E-state index contributed by atoms with van der Waals surface area (Å²) in [7, 11) is -3.56. The van der Waals surface area contributed by atoms with Gasteiger partial charge in [-0.25, -0.2) is 8.42 Å². The van der Waals surface area contributed by atoms with Crippen LogP contribution in [-0.2, 0) is 14.8 Å². The Balaban J connectivity index is 2.16. The van der Waals surface area contributed by atoms with Crippen LogP contribution < -0.4 is 9.62 Å². The van der Waals surface area contributed by atoms with Crippen LogP contribution >= 0.6 is 38.5 Å². The summed E-state index contributed by atoms with van der Waals surface area (Å²) in [5.41, 5.74) is 1.06. The lowest BCUT2D eigenvalue weighted by molar-refractivity contribution is -0.114. The number of hydrogen-bond acceptors (Lipinski definition) is 3. The van der Waals surface area contributed by atoms with Gasteiger partial charge in [0.05, 0.1) is 11.9 Å². The molecule has 0 aromatic heterocycles. The molecule has 0 aliphatic carbocycles. The van der Waals surface area contributed by atoms with Crippen molar-refractivity contribution in [3.63, 3.8) is 0 Å². The van der Waals surface area contributed by atoms with Gasteiger partial charge in [-0.15, -0.1) is 0 Å². The summed E-state index contributed by atoms with van der Waals surface area (Å²) in [6.45, 7) is -0.282. The van der Waals surface area contributed by atoms with Crippen molar-refractivity contribution >= 4 is 65.8 Å². The van der Waals surface area contributed by atoms with Crippen molar-refractivity contribution in [3.8, 4) is 0 Å². The maximum Gasteiger partial charge on any atom is 0.245 e. The molecular formula is C15H14BrIN2O3S. The van der Waals surface area contributed by atoms with Crippen molar-refractivity contribution in [2.75, 3.05) is 22.4 Å². The van der Waals surface area contributed by atoms with Gasteiger partial charge < -0.3 is 5.32 Å². The topological polar surface area (TPSA) is 66.5 Å². The first kappa shape index (κ1) is 18.2. The van der Waals surface area contributed by atoms with Gasteiger partial charge in [-0.05, 0) is 71.1 Å². The third-order valence-corrected chi connectivity index (χ3v) is 5.32. The summed E-state index contributed by atoms with van der Waals surface area (Å²) in [4.78, 5) is 12.2. The quantitative estimate of drug-likeness (QED) is 0.629. The lowest BCUT2D eigenvalue weighted by Crippen LogP contribution is -2.37. The summed E-state index contributed by atoms with van der Waals surface area (Å²) < 4.78 is 26.9. The number of halogens is 2. The van der Waals surface area contributed by atoms with Crippen LogP contribution in [-0.4, -0.2) is 27.1 Å². The van der Waals surface area contributed by atoms with Gasteiger partial charge in [0.25, 0.3) is 0 Å². The van der Waals surface area contributed by atoms with E-state index in [0.29, 0.717) is 11.4 Å². The molecule has 1 amide bonds. The Morgan fingerprint density at radius 2 is 1.70 bits per heavy atom. The van der Waals surface area contributed by atoms with Crippen molar-refractivity contribution in [1.29, 1.82) is 0 Å². The molecule has 0 heterocycles. The number of sulfonamides is 1. The Kier molecular flexibility index (Phi) is 6.04. The van der Waals surface area contributed by atoms with E-state index >= 15 is 0 Å². The van der Waals surface area contributed by atoms with Gasteiger partial charge >= 0.3 is 0 Å². The van der Waals surface area contributed by atoms with E-state index in [1.165, 1.54) is 0 Å². The number of carbonyl (C=O) groups is 1. The fourth-order valence-corrected chi connectivity index (χ4v) is 3.35. The molecule has 0 bridgehead atoms. The molecule has 0 aliphatic heterocycles. The first-order valence-electron chi connectivity index (χ1n) is 6.54. The molecule has 0 saturated heterocycles. The molecule has 0 aliphatic rings. The van der Waals surface area contributed by atoms with Gasteiger partial charge in [0.15, 0.2) is 0 Å².